The fraction of sp³-hybridized carbons (Fsp3) is 0.351. The molecule has 1 heteroatoms. The molecule has 0 saturated heterocycles. The number of hydrogen-bond donors (Lipinski definition) is 0. The van der Waals surface area contributed by atoms with E-state index in [0.29, 0.717) is 0 Å². The molecule has 5 rings (SSSR count). The van der Waals surface area contributed by atoms with E-state index in [1.807, 2.05) is 33.8 Å². The Balaban J connectivity index is 1.87. The zero-order chi connectivity index (χ0) is 29.3. The van der Waals surface area contributed by atoms with Crippen molar-refractivity contribution in [1.82, 2.24) is 0 Å². The van der Waals surface area contributed by atoms with Crippen molar-refractivity contribution in [2.24, 2.45) is 0 Å². The minimum absolute atomic E-state index is 0.140. The van der Waals surface area contributed by atoms with Crippen LogP contribution in [0, 0.1) is 0 Å². The van der Waals surface area contributed by atoms with Gasteiger partial charge in [0.2, 0.25) is 0 Å². The van der Waals surface area contributed by atoms with Crippen LogP contribution in [0.15, 0.2) is 84.9 Å². The van der Waals surface area contributed by atoms with Gasteiger partial charge in [-0.3, -0.25) is 0 Å². The van der Waals surface area contributed by atoms with Crippen LogP contribution in [-0.4, -0.2) is 5.54 Å². The molecule has 4 aromatic carbocycles. The van der Waals surface area contributed by atoms with Gasteiger partial charge in [0.05, 0.1) is 0 Å². The molecule has 0 spiro atoms. The summed E-state index contributed by atoms with van der Waals surface area (Å²) in [5.74, 6) is -1.64. The predicted octanol–water partition coefficient (Wildman–Crippen LogP) is 10.8. The first-order valence-corrected chi connectivity index (χ1v) is 13.8. The summed E-state index contributed by atoms with van der Waals surface area (Å²) in [4.78, 5) is 2.39. The van der Waals surface area contributed by atoms with Gasteiger partial charge >= 0.3 is 0 Å². The quantitative estimate of drug-likeness (QED) is 0.262. The van der Waals surface area contributed by atoms with E-state index in [-0.39, 0.29) is 11.0 Å². The maximum atomic E-state index is 9.32. The average molecular weight is 504 g/mol. The monoisotopic (exact) mass is 503 g/mol. The summed E-state index contributed by atoms with van der Waals surface area (Å²) in [6, 6.07) is 30.3. The van der Waals surface area contributed by atoms with Crippen molar-refractivity contribution in [2.45, 2.75) is 85.1 Å². The van der Waals surface area contributed by atoms with E-state index in [4.69, 9.17) is 1.37 Å². The second-order valence-corrected chi connectivity index (χ2v) is 12.7. The van der Waals surface area contributed by atoms with Crippen LogP contribution < -0.4 is 4.90 Å². The Morgan fingerprint density at radius 1 is 0.632 bits per heavy atom. The van der Waals surface area contributed by atoms with E-state index in [9.17, 15) is 1.37 Å². The average Bonchev–Trinajstić information content (AvgIpc) is 3.08. The number of benzene rings is 4. The summed E-state index contributed by atoms with van der Waals surface area (Å²) < 4.78 is 18.4. The zero-order valence-corrected chi connectivity index (χ0v) is 24.5. The van der Waals surface area contributed by atoms with Crippen LogP contribution in [0.5, 0.6) is 0 Å². The molecule has 38 heavy (non-hydrogen) atoms. The highest BCUT2D eigenvalue weighted by Gasteiger charge is 2.38. The molecule has 0 fully saturated rings. The molecule has 0 N–H and O–H groups in total. The maximum Gasteiger partial charge on any atom is 0.0457 e. The van der Waals surface area contributed by atoms with Gasteiger partial charge in [0, 0.05) is 25.1 Å². The number of hydrogen-bond acceptors (Lipinski definition) is 1. The topological polar surface area (TPSA) is 3.24 Å². The molecule has 0 saturated carbocycles. The van der Waals surface area contributed by atoms with E-state index in [1.165, 1.54) is 22.3 Å². The molecular weight excluding hydrogens is 458 g/mol. The summed E-state index contributed by atoms with van der Waals surface area (Å²) in [5, 5.41) is 0. The van der Waals surface area contributed by atoms with Crippen LogP contribution >= 0.6 is 0 Å². The highest BCUT2D eigenvalue weighted by Crippen LogP contribution is 2.53. The van der Waals surface area contributed by atoms with Crippen LogP contribution in [0.4, 0.5) is 11.4 Å². The van der Waals surface area contributed by atoms with Crippen LogP contribution in [0.25, 0.3) is 22.3 Å². The van der Waals surface area contributed by atoms with Crippen molar-refractivity contribution < 1.29 is 2.74 Å². The molecule has 196 valence electrons. The number of fused-ring (bicyclic) bond motifs is 3. The SMILES string of the molecule is [2H]C(C)(C)c1ccc(-c2ccccc2)cc1N(c1cc2c(cc1C([2H])(C)C)C(C)(C)c1ccccc1-2)C(C)(C)C. The first kappa shape index (κ1) is 23.8. The summed E-state index contributed by atoms with van der Waals surface area (Å²) in [6.07, 6.45) is 0. The van der Waals surface area contributed by atoms with Crippen LogP contribution in [0.1, 0.15) is 99.1 Å². The van der Waals surface area contributed by atoms with Gasteiger partial charge in [-0.25, -0.2) is 0 Å². The molecule has 0 heterocycles. The highest BCUT2D eigenvalue weighted by atomic mass is 15.2. The lowest BCUT2D eigenvalue weighted by Gasteiger charge is -2.42. The van der Waals surface area contributed by atoms with Gasteiger partial charge in [0.15, 0.2) is 0 Å². The van der Waals surface area contributed by atoms with Gasteiger partial charge < -0.3 is 4.90 Å². The zero-order valence-electron chi connectivity index (χ0n) is 26.5. The lowest BCUT2D eigenvalue weighted by Crippen LogP contribution is -2.39. The van der Waals surface area contributed by atoms with E-state index in [1.54, 1.807) is 0 Å². The Morgan fingerprint density at radius 2 is 1.24 bits per heavy atom. The molecule has 0 aliphatic heterocycles. The normalized spacial score (nSPS) is 15.4. The van der Waals surface area contributed by atoms with Crippen molar-refractivity contribution >= 4 is 11.4 Å². The van der Waals surface area contributed by atoms with E-state index < -0.39 is 11.8 Å². The van der Waals surface area contributed by atoms with Crippen molar-refractivity contribution in [1.29, 1.82) is 0 Å². The molecule has 4 aromatic rings. The number of nitrogens with zero attached hydrogens (tertiary/aromatic N) is 1. The molecule has 0 atom stereocenters. The van der Waals surface area contributed by atoms with Crippen LogP contribution in [-0.2, 0) is 5.41 Å². The molecule has 1 aliphatic rings. The van der Waals surface area contributed by atoms with Gasteiger partial charge in [-0.05, 0) is 89.2 Å². The lowest BCUT2D eigenvalue weighted by atomic mass is 9.80. The summed E-state index contributed by atoms with van der Waals surface area (Å²) in [6.45, 7) is 19.2. The molecule has 1 nitrogen and oxygen atoms in total. The molecular formula is C37H43N. The maximum absolute atomic E-state index is 9.32. The highest BCUT2D eigenvalue weighted by molar-refractivity contribution is 5.87. The van der Waals surface area contributed by atoms with Gasteiger partial charge in [-0.1, -0.05) is 114 Å². The molecule has 0 bridgehead atoms. The van der Waals surface area contributed by atoms with Crippen molar-refractivity contribution in [3.05, 3.63) is 107 Å². The Hall–Kier alpha value is -3.32. The number of anilines is 2. The molecule has 0 aromatic heterocycles. The smallest absolute Gasteiger partial charge is 0.0457 e. The van der Waals surface area contributed by atoms with E-state index >= 15 is 0 Å². The van der Waals surface area contributed by atoms with E-state index in [0.717, 1.165) is 33.6 Å². The first-order valence-electron chi connectivity index (χ1n) is 14.8. The Bertz CT molecular complexity index is 1560. The molecule has 0 amide bonds. The molecule has 1 aliphatic carbocycles. The van der Waals surface area contributed by atoms with Gasteiger partial charge in [-0.2, -0.15) is 0 Å². The molecule has 0 unspecified atom stereocenters. The predicted molar refractivity (Wildman–Crippen MR) is 166 cm³/mol. The van der Waals surface area contributed by atoms with Crippen molar-refractivity contribution in [3.63, 3.8) is 0 Å². The fourth-order valence-corrected chi connectivity index (χ4v) is 6.12. The van der Waals surface area contributed by atoms with E-state index in [2.05, 4.69) is 118 Å². The standard InChI is InChI=1S/C37H43N/c1-24(2)28-20-19-27(26-15-11-10-12-16-26)21-34(28)38(36(5,6)7)35-23-31-29-17-13-14-18-32(29)37(8,9)33(31)22-30(35)25(3)4/h10-25H,1-9H3/i24D,25D. The van der Waals surface area contributed by atoms with Gasteiger partial charge in [0.1, 0.15) is 0 Å². The van der Waals surface area contributed by atoms with Crippen LogP contribution in [0.2, 0.25) is 0 Å². The minimum atomic E-state index is -0.827. The van der Waals surface area contributed by atoms with Gasteiger partial charge in [-0.15, -0.1) is 0 Å². The molecule has 0 radical (unpaired) electrons. The largest absolute Gasteiger partial charge is 0.336 e. The van der Waals surface area contributed by atoms with Crippen LogP contribution in [0.3, 0.4) is 0 Å². The summed E-state index contributed by atoms with van der Waals surface area (Å²) >= 11 is 0. The Labute approximate surface area is 233 Å². The third-order valence-electron chi connectivity index (χ3n) is 8.03. The Kier molecular flexibility index (Phi) is 5.91. The first-order chi connectivity index (χ1) is 18.5. The second-order valence-electron chi connectivity index (χ2n) is 12.7. The fourth-order valence-electron chi connectivity index (χ4n) is 6.12. The Morgan fingerprint density at radius 3 is 1.87 bits per heavy atom. The minimum Gasteiger partial charge on any atom is -0.336 e. The second kappa shape index (κ2) is 9.45. The lowest BCUT2D eigenvalue weighted by molar-refractivity contribution is 0.554. The van der Waals surface area contributed by atoms with Crippen molar-refractivity contribution in [3.8, 4) is 22.3 Å². The third-order valence-corrected chi connectivity index (χ3v) is 8.03. The van der Waals surface area contributed by atoms with Gasteiger partial charge in [0.25, 0.3) is 0 Å². The third kappa shape index (κ3) is 4.37. The summed E-state index contributed by atoms with van der Waals surface area (Å²) in [7, 11) is 0. The summed E-state index contributed by atoms with van der Waals surface area (Å²) in [5.41, 5.74) is 11.0. The van der Waals surface area contributed by atoms with Crippen molar-refractivity contribution in [2.75, 3.05) is 4.90 Å². The number of rotatable bonds is 5.